The van der Waals surface area contributed by atoms with Crippen molar-refractivity contribution in [2.75, 3.05) is 13.7 Å². The Labute approximate surface area is 129 Å². The standard InChI is InChI=1S/C16H20N2O4/c1-10(8-9-19)17-15(20)14-11(2)22-16(18-14)12-4-6-13(21-3)7-5-12/h4-7,10,19H,8-9H2,1-3H3,(H,17,20). The van der Waals surface area contributed by atoms with E-state index in [1.165, 1.54) is 0 Å². The fraction of sp³-hybridized carbons (Fsp3) is 0.375. The molecule has 0 aliphatic carbocycles. The molecule has 0 saturated heterocycles. The summed E-state index contributed by atoms with van der Waals surface area (Å²) >= 11 is 0. The van der Waals surface area contributed by atoms with Gasteiger partial charge in [0.1, 0.15) is 11.5 Å². The molecule has 0 aliphatic rings. The number of aliphatic hydroxyl groups is 1. The Hall–Kier alpha value is -2.34. The van der Waals surface area contributed by atoms with Crippen LogP contribution in [0.1, 0.15) is 29.6 Å². The lowest BCUT2D eigenvalue weighted by atomic mass is 10.2. The van der Waals surface area contributed by atoms with Gasteiger partial charge in [0.05, 0.1) is 7.11 Å². The van der Waals surface area contributed by atoms with Gasteiger partial charge in [-0.2, -0.15) is 0 Å². The molecular weight excluding hydrogens is 284 g/mol. The predicted molar refractivity (Wildman–Crippen MR) is 81.9 cm³/mol. The first kappa shape index (κ1) is 16.0. The van der Waals surface area contributed by atoms with E-state index < -0.39 is 0 Å². The first-order valence-corrected chi connectivity index (χ1v) is 7.08. The molecule has 0 radical (unpaired) electrons. The van der Waals surface area contributed by atoms with Gasteiger partial charge < -0.3 is 19.6 Å². The van der Waals surface area contributed by atoms with Crippen LogP contribution in [0.3, 0.4) is 0 Å². The van der Waals surface area contributed by atoms with Gasteiger partial charge in [-0.25, -0.2) is 4.98 Å². The number of aromatic nitrogens is 1. The van der Waals surface area contributed by atoms with E-state index in [0.717, 1.165) is 11.3 Å². The highest BCUT2D eigenvalue weighted by molar-refractivity contribution is 5.93. The molecule has 6 heteroatoms. The number of methoxy groups -OCH3 is 1. The first-order chi connectivity index (χ1) is 10.5. The number of carbonyl (C=O) groups is 1. The van der Waals surface area contributed by atoms with E-state index in [4.69, 9.17) is 14.3 Å². The second kappa shape index (κ2) is 7.09. The summed E-state index contributed by atoms with van der Waals surface area (Å²) in [6.07, 6.45) is 0.494. The second-order valence-electron chi connectivity index (χ2n) is 5.04. The Bertz CT molecular complexity index is 634. The average molecular weight is 304 g/mol. The Balaban J connectivity index is 2.18. The van der Waals surface area contributed by atoms with E-state index in [-0.39, 0.29) is 24.2 Å². The largest absolute Gasteiger partial charge is 0.497 e. The maximum atomic E-state index is 12.2. The van der Waals surface area contributed by atoms with Gasteiger partial charge in [0.25, 0.3) is 5.91 Å². The number of carbonyl (C=O) groups excluding carboxylic acids is 1. The minimum Gasteiger partial charge on any atom is -0.497 e. The molecule has 2 N–H and O–H groups in total. The summed E-state index contributed by atoms with van der Waals surface area (Å²) in [7, 11) is 1.60. The molecule has 0 spiro atoms. The SMILES string of the molecule is COc1ccc(-c2nc(C(=O)NC(C)CCO)c(C)o2)cc1. The molecular formula is C16H20N2O4. The number of nitrogens with zero attached hydrogens (tertiary/aromatic N) is 1. The van der Waals surface area contributed by atoms with Crippen molar-refractivity contribution >= 4 is 5.91 Å². The molecule has 1 heterocycles. The minimum atomic E-state index is -0.304. The van der Waals surface area contributed by atoms with Crippen molar-refractivity contribution in [2.45, 2.75) is 26.3 Å². The Morgan fingerprint density at radius 3 is 2.68 bits per heavy atom. The predicted octanol–water partition coefficient (Wildman–Crippen LogP) is 2.16. The zero-order chi connectivity index (χ0) is 16.1. The number of nitrogens with one attached hydrogen (secondary N) is 1. The fourth-order valence-corrected chi connectivity index (χ4v) is 2.02. The van der Waals surface area contributed by atoms with Crippen LogP contribution in [0.15, 0.2) is 28.7 Å². The zero-order valence-electron chi connectivity index (χ0n) is 12.9. The van der Waals surface area contributed by atoms with Crippen LogP contribution < -0.4 is 10.1 Å². The third-order valence-electron chi connectivity index (χ3n) is 3.29. The van der Waals surface area contributed by atoms with Gasteiger partial charge in [0.15, 0.2) is 5.69 Å². The highest BCUT2D eigenvalue weighted by Gasteiger charge is 2.19. The molecule has 1 atom stereocenters. The molecule has 1 aromatic heterocycles. The molecule has 0 fully saturated rings. The maximum absolute atomic E-state index is 12.2. The summed E-state index contributed by atoms with van der Waals surface area (Å²) < 4.78 is 10.7. The van der Waals surface area contributed by atoms with Crippen LogP contribution in [-0.2, 0) is 0 Å². The van der Waals surface area contributed by atoms with Gasteiger partial charge in [0, 0.05) is 18.2 Å². The van der Waals surface area contributed by atoms with E-state index in [0.29, 0.717) is 18.1 Å². The lowest BCUT2D eigenvalue weighted by Gasteiger charge is -2.10. The van der Waals surface area contributed by atoms with Gasteiger partial charge >= 0.3 is 0 Å². The maximum Gasteiger partial charge on any atom is 0.273 e. The lowest BCUT2D eigenvalue weighted by Crippen LogP contribution is -2.33. The van der Waals surface area contributed by atoms with Crippen LogP contribution in [0, 0.1) is 6.92 Å². The molecule has 0 saturated carbocycles. The van der Waals surface area contributed by atoms with E-state index in [9.17, 15) is 4.79 Å². The summed E-state index contributed by atoms with van der Waals surface area (Å²) in [6, 6.07) is 7.12. The van der Waals surface area contributed by atoms with Crippen molar-refractivity contribution in [3.8, 4) is 17.2 Å². The van der Waals surface area contributed by atoms with Gasteiger partial charge in [-0.15, -0.1) is 0 Å². The fourth-order valence-electron chi connectivity index (χ4n) is 2.02. The van der Waals surface area contributed by atoms with Crippen molar-refractivity contribution in [2.24, 2.45) is 0 Å². The molecule has 22 heavy (non-hydrogen) atoms. The lowest BCUT2D eigenvalue weighted by molar-refractivity contribution is 0.0928. The summed E-state index contributed by atoms with van der Waals surface area (Å²) in [5.41, 5.74) is 1.03. The highest BCUT2D eigenvalue weighted by atomic mass is 16.5. The summed E-state index contributed by atoms with van der Waals surface area (Å²) in [4.78, 5) is 16.4. The Kier molecular flexibility index (Phi) is 5.16. The summed E-state index contributed by atoms with van der Waals surface area (Å²) in [5, 5.41) is 11.7. The van der Waals surface area contributed by atoms with E-state index in [1.807, 2.05) is 19.1 Å². The molecule has 6 nitrogen and oxygen atoms in total. The number of oxazole rings is 1. The topological polar surface area (TPSA) is 84.6 Å². The van der Waals surface area contributed by atoms with E-state index in [2.05, 4.69) is 10.3 Å². The molecule has 0 bridgehead atoms. The second-order valence-corrected chi connectivity index (χ2v) is 5.04. The van der Waals surface area contributed by atoms with Crippen molar-refractivity contribution in [3.05, 3.63) is 35.7 Å². The smallest absolute Gasteiger partial charge is 0.273 e. The summed E-state index contributed by atoms with van der Waals surface area (Å²) in [5.74, 6) is 1.28. The van der Waals surface area contributed by atoms with Crippen LogP contribution >= 0.6 is 0 Å². The van der Waals surface area contributed by atoms with Crippen LogP contribution in [-0.4, -0.2) is 35.8 Å². The normalized spacial score (nSPS) is 12.0. The van der Waals surface area contributed by atoms with Gasteiger partial charge in [-0.1, -0.05) is 0 Å². The number of rotatable bonds is 6. The molecule has 0 aliphatic heterocycles. The zero-order valence-corrected chi connectivity index (χ0v) is 12.9. The number of ether oxygens (including phenoxy) is 1. The molecule has 2 aromatic rings. The van der Waals surface area contributed by atoms with Crippen molar-refractivity contribution in [3.63, 3.8) is 0 Å². The molecule has 118 valence electrons. The van der Waals surface area contributed by atoms with Crippen molar-refractivity contribution < 1.29 is 19.1 Å². The van der Waals surface area contributed by atoms with Crippen LogP contribution in [0.2, 0.25) is 0 Å². The molecule has 2 rings (SSSR count). The quantitative estimate of drug-likeness (QED) is 0.854. The third-order valence-corrected chi connectivity index (χ3v) is 3.29. The van der Waals surface area contributed by atoms with E-state index >= 15 is 0 Å². The first-order valence-electron chi connectivity index (χ1n) is 7.08. The van der Waals surface area contributed by atoms with Gasteiger partial charge in [-0.3, -0.25) is 4.79 Å². The number of hydrogen-bond donors (Lipinski definition) is 2. The Morgan fingerprint density at radius 2 is 2.09 bits per heavy atom. The van der Waals surface area contributed by atoms with Crippen molar-refractivity contribution in [1.82, 2.24) is 10.3 Å². The van der Waals surface area contributed by atoms with E-state index in [1.54, 1.807) is 26.2 Å². The number of amides is 1. The number of hydrogen-bond acceptors (Lipinski definition) is 5. The minimum absolute atomic E-state index is 0.0241. The molecule has 1 amide bonds. The van der Waals surface area contributed by atoms with Crippen LogP contribution in [0.5, 0.6) is 5.75 Å². The monoisotopic (exact) mass is 304 g/mol. The van der Waals surface area contributed by atoms with Crippen molar-refractivity contribution in [1.29, 1.82) is 0 Å². The number of aryl methyl sites for hydroxylation is 1. The van der Waals surface area contributed by atoms with Gasteiger partial charge in [-0.05, 0) is 44.5 Å². The molecule has 1 aromatic carbocycles. The van der Waals surface area contributed by atoms with Gasteiger partial charge in [0.2, 0.25) is 5.89 Å². The third kappa shape index (κ3) is 3.65. The summed E-state index contributed by atoms with van der Waals surface area (Å²) in [6.45, 7) is 3.55. The van der Waals surface area contributed by atoms with Crippen LogP contribution in [0.25, 0.3) is 11.5 Å². The average Bonchev–Trinajstić information content (AvgIpc) is 2.89. The molecule has 1 unspecified atom stereocenters. The Morgan fingerprint density at radius 1 is 1.41 bits per heavy atom. The highest BCUT2D eigenvalue weighted by Crippen LogP contribution is 2.24. The van der Waals surface area contributed by atoms with Crippen LogP contribution in [0.4, 0.5) is 0 Å². The number of benzene rings is 1. The number of aliphatic hydroxyl groups excluding tert-OH is 1.